The molecule has 0 N–H and O–H groups in total. The van der Waals surface area contributed by atoms with Gasteiger partial charge in [0.25, 0.3) is 0 Å². The van der Waals surface area contributed by atoms with E-state index in [1.165, 1.54) is 6.42 Å². The first-order valence-corrected chi connectivity index (χ1v) is 5.90. The van der Waals surface area contributed by atoms with Crippen molar-refractivity contribution in [1.29, 1.82) is 0 Å². The maximum absolute atomic E-state index is 2.32. The molecule has 1 rings (SSSR count). The van der Waals surface area contributed by atoms with Gasteiger partial charge in [-0.15, -0.1) is 0 Å². The van der Waals surface area contributed by atoms with Gasteiger partial charge in [-0.1, -0.05) is 0 Å². The third-order valence-corrected chi connectivity index (χ3v) is 3.55. The molecular weight excluding hydrogens is 216 g/mol. The van der Waals surface area contributed by atoms with E-state index >= 15 is 0 Å². The van der Waals surface area contributed by atoms with Crippen LogP contribution in [0.25, 0.3) is 0 Å². The zero-order valence-electron chi connectivity index (χ0n) is 6.66. The van der Waals surface area contributed by atoms with Crippen molar-refractivity contribution in [2.24, 2.45) is 0 Å². The van der Waals surface area contributed by atoms with Gasteiger partial charge in [0.05, 0.1) is 0 Å². The minimum absolute atomic E-state index is 0.00851. The molecular formula is C10H12Mo. The van der Waals surface area contributed by atoms with Gasteiger partial charge in [0.15, 0.2) is 0 Å². The average Bonchev–Trinajstić information content (AvgIpc) is 2.50. The van der Waals surface area contributed by atoms with Crippen molar-refractivity contribution in [2.45, 2.75) is 13.3 Å². The first kappa shape index (κ1) is 8.74. The van der Waals surface area contributed by atoms with E-state index in [0.29, 0.717) is 0 Å². The second kappa shape index (κ2) is 5.32. The molecule has 0 saturated carbocycles. The Labute approximate surface area is 76.9 Å². The van der Waals surface area contributed by atoms with Crippen LogP contribution < -0.4 is 0 Å². The zero-order valence-corrected chi connectivity index (χ0v) is 8.66. The molecule has 1 aliphatic carbocycles. The Hall–Kier alpha value is -0.352. The Morgan fingerprint density at radius 3 is 3.00 bits per heavy atom. The summed E-state index contributed by atoms with van der Waals surface area (Å²) < 4.78 is 3.96. The first-order valence-electron chi connectivity index (χ1n) is 3.73. The van der Waals surface area contributed by atoms with E-state index in [9.17, 15) is 0 Å². The summed E-state index contributed by atoms with van der Waals surface area (Å²) in [5.74, 6) is 0. The molecule has 0 unspecified atom stereocenters. The summed E-state index contributed by atoms with van der Waals surface area (Å²) in [5, 5.41) is 0. The fourth-order valence-electron chi connectivity index (χ4n) is 0.798. The monoisotopic (exact) mass is 230 g/mol. The second-order valence-electron chi connectivity index (χ2n) is 2.24. The van der Waals surface area contributed by atoms with Crippen LogP contribution in [0, 0.1) is 0 Å². The molecule has 11 heavy (non-hydrogen) atoms. The van der Waals surface area contributed by atoms with Crippen LogP contribution in [-0.4, -0.2) is 0 Å². The molecule has 0 aromatic carbocycles. The van der Waals surface area contributed by atoms with E-state index < -0.39 is 0 Å². The van der Waals surface area contributed by atoms with E-state index in [1.807, 2.05) is 6.92 Å². The Balaban J connectivity index is 2.22. The van der Waals surface area contributed by atoms with Crippen LogP contribution in [0.5, 0.6) is 0 Å². The summed E-state index contributed by atoms with van der Waals surface area (Å²) in [6.07, 6.45) is 14.1. The number of hydrogen-bond acceptors (Lipinski definition) is 0. The van der Waals surface area contributed by atoms with Gasteiger partial charge >= 0.3 is 76.8 Å². The number of hydrogen-bond donors (Lipinski definition) is 0. The van der Waals surface area contributed by atoms with Crippen LogP contribution in [0.4, 0.5) is 0 Å². The normalized spacial score (nSPS) is 17.0. The second-order valence-corrected chi connectivity index (χ2v) is 4.77. The van der Waals surface area contributed by atoms with Crippen LogP contribution in [-0.2, 0) is 18.6 Å². The summed E-state index contributed by atoms with van der Waals surface area (Å²) >= 11 is 0.00851. The summed E-state index contributed by atoms with van der Waals surface area (Å²) in [5.41, 5.74) is 0. The van der Waals surface area contributed by atoms with Crippen molar-refractivity contribution in [3.05, 3.63) is 44.9 Å². The summed E-state index contributed by atoms with van der Waals surface area (Å²) in [6, 6.07) is 0. The molecule has 58 valence electrons. The van der Waals surface area contributed by atoms with Crippen LogP contribution in [0.1, 0.15) is 13.3 Å². The van der Waals surface area contributed by atoms with Crippen molar-refractivity contribution in [1.82, 2.24) is 0 Å². The molecule has 1 heteroatoms. The number of allylic oxidation sites excluding steroid dienone is 7. The molecule has 0 radical (unpaired) electrons. The molecule has 0 heterocycles. The fourth-order valence-corrected chi connectivity index (χ4v) is 2.50. The fraction of sp³-hybridized carbons (Fsp3) is 0.200. The van der Waals surface area contributed by atoms with Gasteiger partial charge in [-0.3, -0.25) is 0 Å². The van der Waals surface area contributed by atoms with Crippen LogP contribution >= 0.6 is 0 Å². The minimum atomic E-state index is 0.00851. The predicted octanol–water partition coefficient (Wildman–Crippen LogP) is 3.00. The molecule has 0 aromatic rings. The van der Waals surface area contributed by atoms with E-state index in [0.717, 1.165) is 0 Å². The van der Waals surface area contributed by atoms with Gasteiger partial charge in [-0.05, 0) is 0 Å². The molecule has 0 amide bonds. The van der Waals surface area contributed by atoms with Crippen molar-refractivity contribution in [3.8, 4) is 0 Å². The van der Waals surface area contributed by atoms with Crippen molar-refractivity contribution >= 4 is 0 Å². The molecule has 0 nitrogen and oxygen atoms in total. The van der Waals surface area contributed by atoms with Crippen molar-refractivity contribution in [2.75, 3.05) is 0 Å². The van der Waals surface area contributed by atoms with Gasteiger partial charge in [0.2, 0.25) is 0 Å². The zero-order chi connectivity index (χ0) is 7.94. The number of rotatable bonds is 3. The van der Waals surface area contributed by atoms with Crippen molar-refractivity contribution in [3.63, 3.8) is 0 Å². The van der Waals surface area contributed by atoms with Crippen LogP contribution in [0.2, 0.25) is 0 Å². The van der Waals surface area contributed by atoms with Gasteiger partial charge < -0.3 is 0 Å². The standard InChI is InChI=1S/C5H5.C5H7.Mo/c1-2-4-5-3-1;1-3-5-4-2;/h1-3H,4H2;1,3-5H,2H3;. The van der Waals surface area contributed by atoms with Gasteiger partial charge in [0.1, 0.15) is 0 Å². The molecule has 0 aliphatic heterocycles. The third kappa shape index (κ3) is 3.53. The van der Waals surface area contributed by atoms with Crippen LogP contribution in [0.15, 0.2) is 44.9 Å². The third-order valence-electron chi connectivity index (χ3n) is 1.34. The van der Waals surface area contributed by atoms with E-state index in [1.54, 1.807) is 3.96 Å². The van der Waals surface area contributed by atoms with Gasteiger partial charge in [0, 0.05) is 0 Å². The Kier molecular flexibility index (Phi) is 4.23. The maximum atomic E-state index is 2.32. The molecule has 0 aromatic heterocycles. The Morgan fingerprint density at radius 2 is 2.36 bits per heavy atom. The Morgan fingerprint density at radius 1 is 1.45 bits per heavy atom. The van der Waals surface area contributed by atoms with Gasteiger partial charge in [-0.25, -0.2) is 0 Å². The topological polar surface area (TPSA) is 0 Å². The Bertz CT molecular complexity index is 219. The predicted molar refractivity (Wildman–Crippen MR) is 45.8 cm³/mol. The quantitative estimate of drug-likeness (QED) is 0.514. The molecule has 0 saturated heterocycles. The molecule has 0 spiro atoms. The summed E-state index contributed by atoms with van der Waals surface area (Å²) in [4.78, 5) is 0. The molecule has 0 fully saturated rings. The summed E-state index contributed by atoms with van der Waals surface area (Å²) in [6.45, 7) is 2.04. The van der Waals surface area contributed by atoms with Gasteiger partial charge in [-0.2, -0.15) is 0 Å². The SMILES string of the molecule is CC=CC=[CH][Mo][C]1=CC=CC1. The van der Waals surface area contributed by atoms with E-state index in [2.05, 4.69) is 40.9 Å². The van der Waals surface area contributed by atoms with E-state index in [4.69, 9.17) is 0 Å². The molecule has 0 bridgehead atoms. The molecule has 1 aliphatic rings. The summed E-state index contributed by atoms with van der Waals surface area (Å²) in [7, 11) is 0. The average molecular weight is 228 g/mol. The molecule has 0 atom stereocenters. The van der Waals surface area contributed by atoms with Crippen LogP contribution in [0.3, 0.4) is 0 Å². The van der Waals surface area contributed by atoms with E-state index in [-0.39, 0.29) is 18.6 Å². The van der Waals surface area contributed by atoms with Crippen molar-refractivity contribution < 1.29 is 18.6 Å². The first-order chi connectivity index (χ1) is 5.43.